The predicted molar refractivity (Wildman–Crippen MR) is 63.1 cm³/mol. The molecule has 1 aromatic heterocycles. The zero-order valence-corrected chi connectivity index (χ0v) is 10.6. The molecule has 3 rings (SSSR count). The zero-order chi connectivity index (χ0) is 14.4. The third kappa shape index (κ3) is 2.12. The van der Waals surface area contributed by atoms with Gasteiger partial charge in [-0.2, -0.15) is 13.2 Å². The van der Waals surface area contributed by atoms with Crippen molar-refractivity contribution in [2.75, 3.05) is 37.8 Å². The monoisotopic (exact) mass is 289 g/mol. The quantitative estimate of drug-likeness (QED) is 0.878. The van der Waals surface area contributed by atoms with Crippen molar-refractivity contribution in [2.45, 2.75) is 6.18 Å². The molecule has 110 valence electrons. The Labute approximate surface area is 113 Å². The van der Waals surface area contributed by atoms with Crippen molar-refractivity contribution in [3.05, 3.63) is 18.1 Å². The lowest BCUT2D eigenvalue weighted by Gasteiger charge is -2.24. The van der Waals surface area contributed by atoms with E-state index >= 15 is 0 Å². The van der Waals surface area contributed by atoms with Crippen LogP contribution in [0.1, 0.15) is 5.82 Å². The average molecular weight is 289 g/mol. The molecule has 8 heteroatoms. The van der Waals surface area contributed by atoms with Crippen LogP contribution in [-0.4, -0.2) is 48.0 Å². The van der Waals surface area contributed by atoms with Crippen LogP contribution in [0.15, 0.2) is 12.3 Å². The van der Waals surface area contributed by atoms with Crippen molar-refractivity contribution in [1.29, 1.82) is 0 Å². The van der Waals surface area contributed by atoms with E-state index in [9.17, 15) is 18.3 Å². The van der Waals surface area contributed by atoms with Crippen molar-refractivity contribution in [3.63, 3.8) is 0 Å². The summed E-state index contributed by atoms with van der Waals surface area (Å²) in [6, 6.07) is 1.46. The Morgan fingerprint density at radius 1 is 1.50 bits per heavy atom. The number of halogens is 3. The Balaban J connectivity index is 1.85. The van der Waals surface area contributed by atoms with Gasteiger partial charge in [0.25, 0.3) is 0 Å². The van der Waals surface area contributed by atoms with Gasteiger partial charge in [-0.25, -0.2) is 9.97 Å². The summed E-state index contributed by atoms with van der Waals surface area (Å²) in [5.41, 5.74) is -0.386. The van der Waals surface area contributed by atoms with E-state index in [2.05, 4.69) is 9.97 Å². The first-order chi connectivity index (χ1) is 9.44. The van der Waals surface area contributed by atoms with Gasteiger partial charge >= 0.3 is 6.18 Å². The fourth-order valence-corrected chi connectivity index (χ4v) is 2.89. The Morgan fingerprint density at radius 3 is 2.95 bits per heavy atom. The number of aromatic nitrogens is 2. The molecule has 1 N–H and O–H groups in total. The largest absolute Gasteiger partial charge is 0.451 e. The number of rotatable bonds is 2. The minimum atomic E-state index is -4.55. The molecular weight excluding hydrogens is 275 g/mol. The van der Waals surface area contributed by atoms with Crippen molar-refractivity contribution >= 4 is 5.82 Å². The molecule has 2 aliphatic heterocycles. The Bertz CT molecular complexity index is 511. The SMILES string of the molecule is OC[C@@]12COC[C@@H]1CN(c1ccnc(C(F)(F)F)n1)C2. The molecule has 0 spiro atoms. The molecule has 0 aliphatic carbocycles. The number of anilines is 1. The molecule has 2 saturated heterocycles. The molecule has 0 aromatic carbocycles. The summed E-state index contributed by atoms with van der Waals surface area (Å²) in [6.45, 7) is 1.90. The van der Waals surface area contributed by atoms with Crippen LogP contribution in [0.2, 0.25) is 0 Å². The minimum absolute atomic E-state index is 0.0363. The minimum Gasteiger partial charge on any atom is -0.396 e. The highest BCUT2D eigenvalue weighted by molar-refractivity contribution is 5.41. The molecule has 0 radical (unpaired) electrons. The predicted octanol–water partition coefficient (Wildman–Crippen LogP) is 0.941. The molecular formula is C12H14F3N3O2. The van der Waals surface area contributed by atoms with E-state index in [-0.39, 0.29) is 23.8 Å². The molecule has 2 atom stereocenters. The highest BCUT2D eigenvalue weighted by atomic mass is 19.4. The summed E-state index contributed by atoms with van der Waals surface area (Å²) in [5, 5.41) is 9.56. The Kier molecular flexibility index (Phi) is 3.09. The standard InChI is InChI=1S/C12H14F3N3O2/c13-12(14,15)10-16-2-1-9(17-10)18-3-8-4-20-7-11(8,5-18)6-19/h1-2,8,19H,3-7H2/t8-,11-/m0/s1. The molecule has 0 saturated carbocycles. The maximum absolute atomic E-state index is 12.6. The van der Waals surface area contributed by atoms with E-state index in [1.165, 1.54) is 6.07 Å². The number of fused-ring (bicyclic) bond motifs is 1. The number of hydrogen-bond donors (Lipinski definition) is 1. The highest BCUT2D eigenvalue weighted by Gasteiger charge is 2.50. The lowest BCUT2D eigenvalue weighted by molar-refractivity contribution is -0.144. The van der Waals surface area contributed by atoms with Crippen molar-refractivity contribution in [2.24, 2.45) is 11.3 Å². The second kappa shape index (κ2) is 4.56. The molecule has 20 heavy (non-hydrogen) atoms. The summed E-state index contributed by atoms with van der Waals surface area (Å²) in [4.78, 5) is 8.61. The van der Waals surface area contributed by atoms with Crippen LogP contribution < -0.4 is 4.90 Å². The smallest absolute Gasteiger partial charge is 0.396 e. The number of nitrogens with zero attached hydrogens (tertiary/aromatic N) is 3. The van der Waals surface area contributed by atoms with Gasteiger partial charge < -0.3 is 14.7 Å². The fraction of sp³-hybridized carbons (Fsp3) is 0.667. The van der Waals surface area contributed by atoms with Crippen molar-refractivity contribution in [1.82, 2.24) is 9.97 Å². The lowest BCUT2D eigenvalue weighted by atomic mass is 9.82. The molecule has 0 bridgehead atoms. The fourth-order valence-electron chi connectivity index (χ4n) is 2.89. The molecule has 0 amide bonds. The van der Waals surface area contributed by atoms with E-state index in [1.807, 2.05) is 0 Å². The maximum Gasteiger partial charge on any atom is 0.451 e. The van der Waals surface area contributed by atoms with Crippen molar-refractivity contribution < 1.29 is 23.0 Å². The first-order valence-corrected chi connectivity index (χ1v) is 6.28. The van der Waals surface area contributed by atoms with Gasteiger partial charge in [-0.1, -0.05) is 0 Å². The summed E-state index contributed by atoms with van der Waals surface area (Å²) in [6.07, 6.45) is -3.44. The number of hydrogen-bond acceptors (Lipinski definition) is 5. The van der Waals surface area contributed by atoms with Crippen LogP contribution in [0.25, 0.3) is 0 Å². The van der Waals surface area contributed by atoms with Gasteiger partial charge in [0.2, 0.25) is 5.82 Å². The first-order valence-electron chi connectivity index (χ1n) is 6.28. The van der Waals surface area contributed by atoms with Crippen LogP contribution in [0.5, 0.6) is 0 Å². The van der Waals surface area contributed by atoms with Crippen LogP contribution in [-0.2, 0) is 10.9 Å². The van der Waals surface area contributed by atoms with Crippen molar-refractivity contribution in [3.8, 4) is 0 Å². The van der Waals surface area contributed by atoms with Crippen LogP contribution in [0, 0.1) is 11.3 Å². The van der Waals surface area contributed by atoms with E-state index in [0.29, 0.717) is 26.3 Å². The Morgan fingerprint density at radius 2 is 2.30 bits per heavy atom. The summed E-state index contributed by atoms with van der Waals surface area (Å²) >= 11 is 0. The van der Waals surface area contributed by atoms with Gasteiger partial charge in [0.1, 0.15) is 5.82 Å². The van der Waals surface area contributed by atoms with E-state index in [1.54, 1.807) is 4.90 Å². The number of ether oxygens (including phenoxy) is 1. The number of alkyl halides is 3. The lowest BCUT2D eigenvalue weighted by Crippen LogP contribution is -2.34. The molecule has 2 fully saturated rings. The van der Waals surface area contributed by atoms with E-state index in [0.717, 1.165) is 6.20 Å². The third-order valence-electron chi connectivity index (χ3n) is 4.05. The molecule has 2 aliphatic rings. The second-order valence-corrected chi connectivity index (χ2v) is 5.35. The van der Waals surface area contributed by atoms with Gasteiger partial charge in [-0.05, 0) is 6.07 Å². The normalized spacial score (nSPS) is 29.8. The summed E-state index contributed by atoms with van der Waals surface area (Å²) < 4.78 is 43.2. The molecule has 5 nitrogen and oxygen atoms in total. The van der Waals surface area contributed by atoms with E-state index < -0.39 is 12.0 Å². The second-order valence-electron chi connectivity index (χ2n) is 5.35. The van der Waals surface area contributed by atoms with Gasteiger partial charge in [0, 0.05) is 30.6 Å². The number of aliphatic hydroxyl groups is 1. The van der Waals surface area contributed by atoms with Gasteiger partial charge in [0.05, 0.1) is 19.8 Å². The van der Waals surface area contributed by atoms with Crippen LogP contribution >= 0.6 is 0 Å². The van der Waals surface area contributed by atoms with Gasteiger partial charge in [0.15, 0.2) is 0 Å². The van der Waals surface area contributed by atoms with Crippen LogP contribution in [0.3, 0.4) is 0 Å². The summed E-state index contributed by atoms with van der Waals surface area (Å²) in [5.74, 6) is -0.771. The first kappa shape index (κ1) is 13.6. The highest BCUT2D eigenvalue weighted by Crippen LogP contribution is 2.42. The maximum atomic E-state index is 12.6. The molecule has 0 unspecified atom stereocenters. The Hall–Kier alpha value is -1.41. The average Bonchev–Trinajstić information content (AvgIpc) is 2.94. The van der Waals surface area contributed by atoms with E-state index in [4.69, 9.17) is 4.74 Å². The topological polar surface area (TPSA) is 58.5 Å². The third-order valence-corrected chi connectivity index (χ3v) is 4.05. The molecule has 1 aromatic rings. The van der Waals surface area contributed by atoms with Crippen LogP contribution in [0.4, 0.5) is 19.0 Å². The number of aliphatic hydroxyl groups excluding tert-OH is 1. The zero-order valence-electron chi connectivity index (χ0n) is 10.6. The summed E-state index contributed by atoms with van der Waals surface area (Å²) in [7, 11) is 0. The van der Waals surface area contributed by atoms with Gasteiger partial charge in [-0.15, -0.1) is 0 Å². The molecule has 3 heterocycles. The van der Waals surface area contributed by atoms with Gasteiger partial charge in [-0.3, -0.25) is 0 Å².